The van der Waals surface area contributed by atoms with Crippen LogP contribution in [0.3, 0.4) is 0 Å². The van der Waals surface area contributed by atoms with Crippen LogP contribution in [0.15, 0.2) is 67.4 Å². The third kappa shape index (κ3) is 4.25. The lowest BCUT2D eigenvalue weighted by Gasteiger charge is -2.36. The van der Waals surface area contributed by atoms with Gasteiger partial charge in [-0.05, 0) is 61.9 Å². The standard InChI is InChI=1S/C23H24N4O/c28-23(19-9-7-18(8-10-19)20-15-24-17-25-16-20)27-14-4-2-6-22(27)12-11-21-5-1-3-13-26-21/h1,3,5,7-10,13,15-17,22H,2,4,6,11-12,14H2. The van der Waals surface area contributed by atoms with E-state index >= 15 is 0 Å². The first-order valence-electron chi connectivity index (χ1n) is 9.87. The molecule has 0 radical (unpaired) electrons. The Bertz CT molecular complexity index is 897. The van der Waals surface area contributed by atoms with Crippen molar-refractivity contribution in [1.82, 2.24) is 19.9 Å². The van der Waals surface area contributed by atoms with E-state index in [4.69, 9.17) is 0 Å². The van der Waals surface area contributed by atoms with Crippen molar-refractivity contribution in [2.45, 2.75) is 38.1 Å². The molecule has 2 aromatic heterocycles. The predicted molar refractivity (Wildman–Crippen MR) is 109 cm³/mol. The van der Waals surface area contributed by atoms with E-state index in [1.54, 1.807) is 12.4 Å². The summed E-state index contributed by atoms with van der Waals surface area (Å²) in [5.41, 5.74) is 3.80. The number of aryl methyl sites for hydroxylation is 1. The second-order valence-electron chi connectivity index (χ2n) is 7.21. The number of rotatable bonds is 5. The summed E-state index contributed by atoms with van der Waals surface area (Å²) in [4.78, 5) is 27.7. The lowest BCUT2D eigenvalue weighted by molar-refractivity contribution is 0.0601. The van der Waals surface area contributed by atoms with Crippen LogP contribution in [0.4, 0.5) is 0 Å². The van der Waals surface area contributed by atoms with Gasteiger partial charge in [-0.2, -0.15) is 0 Å². The molecule has 1 aliphatic heterocycles. The number of hydrogen-bond acceptors (Lipinski definition) is 4. The smallest absolute Gasteiger partial charge is 0.254 e. The van der Waals surface area contributed by atoms with Gasteiger partial charge in [-0.3, -0.25) is 9.78 Å². The van der Waals surface area contributed by atoms with E-state index in [0.29, 0.717) is 0 Å². The summed E-state index contributed by atoms with van der Waals surface area (Å²) in [5, 5.41) is 0. The van der Waals surface area contributed by atoms with Crippen molar-refractivity contribution >= 4 is 5.91 Å². The number of aromatic nitrogens is 3. The van der Waals surface area contributed by atoms with Crippen LogP contribution in [0.25, 0.3) is 11.1 Å². The van der Waals surface area contributed by atoms with Gasteiger partial charge in [0.1, 0.15) is 6.33 Å². The van der Waals surface area contributed by atoms with E-state index in [0.717, 1.165) is 54.6 Å². The lowest BCUT2D eigenvalue weighted by atomic mass is 9.96. The summed E-state index contributed by atoms with van der Waals surface area (Å²) in [6.07, 6.45) is 12.1. The summed E-state index contributed by atoms with van der Waals surface area (Å²) < 4.78 is 0. The van der Waals surface area contributed by atoms with Crippen molar-refractivity contribution < 1.29 is 4.79 Å². The molecule has 1 fully saturated rings. The van der Waals surface area contributed by atoms with Gasteiger partial charge in [0, 0.05) is 48.0 Å². The normalized spacial score (nSPS) is 16.7. The van der Waals surface area contributed by atoms with Crippen molar-refractivity contribution in [3.05, 3.63) is 78.6 Å². The quantitative estimate of drug-likeness (QED) is 0.675. The fraction of sp³-hybridized carbons (Fsp3) is 0.304. The molecule has 1 aromatic carbocycles. The fourth-order valence-electron chi connectivity index (χ4n) is 3.85. The Morgan fingerprint density at radius 1 is 1.00 bits per heavy atom. The number of amides is 1. The van der Waals surface area contributed by atoms with Gasteiger partial charge < -0.3 is 4.90 Å². The van der Waals surface area contributed by atoms with Crippen LogP contribution in [-0.4, -0.2) is 38.3 Å². The van der Waals surface area contributed by atoms with Crippen molar-refractivity contribution in [2.24, 2.45) is 0 Å². The maximum absolute atomic E-state index is 13.2. The molecule has 0 spiro atoms. The number of piperidine rings is 1. The van der Waals surface area contributed by atoms with E-state index in [9.17, 15) is 4.79 Å². The van der Waals surface area contributed by atoms with E-state index in [1.165, 1.54) is 12.7 Å². The highest BCUT2D eigenvalue weighted by molar-refractivity contribution is 5.95. The van der Waals surface area contributed by atoms with E-state index < -0.39 is 0 Å². The molecule has 1 unspecified atom stereocenters. The molecule has 1 saturated heterocycles. The third-order valence-electron chi connectivity index (χ3n) is 5.37. The van der Waals surface area contributed by atoms with Crippen molar-refractivity contribution in [1.29, 1.82) is 0 Å². The highest BCUT2D eigenvalue weighted by Crippen LogP contribution is 2.24. The van der Waals surface area contributed by atoms with Gasteiger partial charge in [0.2, 0.25) is 0 Å². The van der Waals surface area contributed by atoms with Crippen LogP contribution in [0.5, 0.6) is 0 Å². The van der Waals surface area contributed by atoms with Crippen molar-refractivity contribution in [3.8, 4) is 11.1 Å². The molecule has 0 bridgehead atoms. The first kappa shape index (κ1) is 18.3. The minimum Gasteiger partial charge on any atom is -0.336 e. The Kier molecular flexibility index (Phi) is 5.71. The zero-order valence-corrected chi connectivity index (χ0v) is 15.9. The van der Waals surface area contributed by atoms with Gasteiger partial charge in [0.05, 0.1) is 0 Å². The summed E-state index contributed by atoms with van der Waals surface area (Å²) in [5.74, 6) is 0.126. The van der Waals surface area contributed by atoms with Gasteiger partial charge in [-0.15, -0.1) is 0 Å². The van der Waals surface area contributed by atoms with Crippen LogP contribution in [-0.2, 0) is 6.42 Å². The minimum absolute atomic E-state index is 0.126. The first-order valence-corrected chi connectivity index (χ1v) is 9.87. The molecular weight excluding hydrogens is 348 g/mol. The Labute approximate surface area is 165 Å². The monoisotopic (exact) mass is 372 g/mol. The Morgan fingerprint density at radius 2 is 1.82 bits per heavy atom. The number of benzene rings is 1. The molecule has 28 heavy (non-hydrogen) atoms. The van der Waals surface area contributed by atoms with Gasteiger partial charge in [-0.25, -0.2) is 9.97 Å². The van der Waals surface area contributed by atoms with Crippen LogP contribution in [0.2, 0.25) is 0 Å². The number of hydrogen-bond donors (Lipinski definition) is 0. The Morgan fingerprint density at radius 3 is 2.57 bits per heavy atom. The number of nitrogens with zero attached hydrogens (tertiary/aromatic N) is 4. The predicted octanol–water partition coefficient (Wildman–Crippen LogP) is 4.17. The van der Waals surface area contributed by atoms with E-state index in [-0.39, 0.29) is 11.9 Å². The fourth-order valence-corrected chi connectivity index (χ4v) is 3.85. The topological polar surface area (TPSA) is 59.0 Å². The van der Waals surface area contributed by atoms with Gasteiger partial charge >= 0.3 is 0 Å². The summed E-state index contributed by atoms with van der Waals surface area (Å²) in [6, 6.07) is 14.1. The summed E-state index contributed by atoms with van der Waals surface area (Å²) in [7, 11) is 0. The van der Waals surface area contributed by atoms with Crippen LogP contribution < -0.4 is 0 Å². The minimum atomic E-state index is 0.126. The molecule has 1 amide bonds. The maximum atomic E-state index is 13.2. The first-order chi connectivity index (χ1) is 13.8. The SMILES string of the molecule is O=C(c1ccc(-c2cncnc2)cc1)N1CCCCC1CCc1ccccn1. The van der Waals surface area contributed by atoms with E-state index in [2.05, 4.69) is 25.9 Å². The Balaban J connectivity index is 1.45. The summed E-state index contributed by atoms with van der Waals surface area (Å²) >= 11 is 0. The molecule has 1 atom stereocenters. The number of pyridine rings is 1. The van der Waals surface area contributed by atoms with Gasteiger partial charge in [-0.1, -0.05) is 18.2 Å². The molecule has 5 nitrogen and oxygen atoms in total. The number of carbonyl (C=O) groups excluding carboxylic acids is 1. The molecule has 4 rings (SSSR count). The van der Waals surface area contributed by atoms with Crippen LogP contribution in [0, 0.1) is 0 Å². The van der Waals surface area contributed by atoms with Gasteiger partial charge in [0.15, 0.2) is 0 Å². The van der Waals surface area contributed by atoms with Crippen LogP contribution >= 0.6 is 0 Å². The highest BCUT2D eigenvalue weighted by Gasteiger charge is 2.27. The molecule has 0 N–H and O–H groups in total. The number of carbonyl (C=O) groups is 1. The van der Waals surface area contributed by atoms with Crippen molar-refractivity contribution in [3.63, 3.8) is 0 Å². The van der Waals surface area contributed by atoms with Crippen LogP contribution in [0.1, 0.15) is 41.7 Å². The summed E-state index contributed by atoms with van der Waals surface area (Å²) in [6.45, 7) is 0.833. The molecule has 3 heterocycles. The average molecular weight is 372 g/mol. The Hall–Kier alpha value is -3.08. The molecule has 0 saturated carbocycles. The average Bonchev–Trinajstić information content (AvgIpc) is 2.79. The molecule has 142 valence electrons. The highest BCUT2D eigenvalue weighted by atomic mass is 16.2. The zero-order chi connectivity index (χ0) is 19.2. The van der Waals surface area contributed by atoms with E-state index in [1.807, 2.05) is 42.6 Å². The molecular formula is C23H24N4O. The van der Waals surface area contributed by atoms with Gasteiger partial charge in [0.25, 0.3) is 5.91 Å². The molecule has 3 aromatic rings. The second kappa shape index (κ2) is 8.74. The lowest BCUT2D eigenvalue weighted by Crippen LogP contribution is -2.44. The molecule has 5 heteroatoms. The third-order valence-corrected chi connectivity index (χ3v) is 5.37. The maximum Gasteiger partial charge on any atom is 0.254 e. The largest absolute Gasteiger partial charge is 0.336 e. The van der Waals surface area contributed by atoms with Crippen molar-refractivity contribution in [2.75, 3.05) is 6.54 Å². The number of likely N-dealkylation sites (tertiary alicyclic amines) is 1. The second-order valence-corrected chi connectivity index (χ2v) is 7.21. The molecule has 1 aliphatic rings. The molecule has 0 aliphatic carbocycles. The zero-order valence-electron chi connectivity index (χ0n) is 15.9.